The maximum absolute atomic E-state index is 11.8. The topological polar surface area (TPSA) is 87.4 Å². The van der Waals surface area contributed by atoms with Gasteiger partial charge in [-0.2, -0.15) is 0 Å². The molecule has 0 bridgehead atoms. The van der Waals surface area contributed by atoms with Crippen molar-refractivity contribution in [3.8, 4) is 0 Å². The minimum atomic E-state index is -1.24. The number of rotatable bonds is 6. The molecule has 0 aliphatic carbocycles. The van der Waals surface area contributed by atoms with E-state index >= 15 is 0 Å². The summed E-state index contributed by atoms with van der Waals surface area (Å²) in [5, 5.41) is 16.8. The molecule has 2 amide bonds. The predicted octanol–water partition coefficient (Wildman–Crippen LogP) is 2.41. The number of nitrogens with one attached hydrogen (secondary N) is 2. The molecule has 0 aliphatic heterocycles. The van der Waals surface area contributed by atoms with Crippen LogP contribution < -0.4 is 10.6 Å². The van der Waals surface area contributed by atoms with Crippen LogP contribution in [0, 0.1) is 20.8 Å². The van der Waals surface area contributed by atoms with Gasteiger partial charge in [0.2, 0.25) is 0 Å². The van der Waals surface area contributed by atoms with Crippen LogP contribution in [0.5, 0.6) is 0 Å². The Morgan fingerprint density at radius 2 is 2.09 bits per heavy atom. The number of amides is 2. The molecule has 7 heteroatoms. The summed E-state index contributed by atoms with van der Waals surface area (Å²) in [5.74, 6) is 1.16. The van der Waals surface area contributed by atoms with Crippen molar-refractivity contribution in [3.05, 3.63) is 39.2 Å². The van der Waals surface area contributed by atoms with E-state index in [2.05, 4.69) is 15.6 Å². The second kappa shape index (κ2) is 7.14. The molecule has 0 radical (unpaired) electrons. The number of aliphatic hydroxyl groups is 1. The van der Waals surface area contributed by atoms with Gasteiger partial charge in [0.05, 0.1) is 17.2 Å². The van der Waals surface area contributed by atoms with E-state index in [0.717, 1.165) is 22.9 Å². The first kappa shape index (κ1) is 17.5. The third-order valence-corrected chi connectivity index (χ3v) is 4.63. The maximum Gasteiger partial charge on any atom is 0.314 e. The summed E-state index contributed by atoms with van der Waals surface area (Å²) in [6, 6.07) is 3.18. The summed E-state index contributed by atoms with van der Waals surface area (Å²) >= 11 is 1.65. The van der Waals surface area contributed by atoms with Gasteiger partial charge in [0.15, 0.2) is 0 Å². The normalized spacial score (nSPS) is 13.6. The highest BCUT2D eigenvalue weighted by molar-refractivity contribution is 7.11. The maximum atomic E-state index is 11.8. The van der Waals surface area contributed by atoms with Crippen LogP contribution in [0.25, 0.3) is 0 Å². The number of furan rings is 1. The zero-order valence-corrected chi connectivity index (χ0v) is 14.7. The number of carbonyl (C=O) groups is 1. The van der Waals surface area contributed by atoms with Gasteiger partial charge in [-0.1, -0.05) is 0 Å². The molecule has 6 nitrogen and oxygen atoms in total. The van der Waals surface area contributed by atoms with Gasteiger partial charge in [-0.05, 0) is 39.8 Å². The Kier molecular flexibility index (Phi) is 5.43. The van der Waals surface area contributed by atoms with Crippen molar-refractivity contribution in [1.29, 1.82) is 0 Å². The van der Waals surface area contributed by atoms with E-state index in [-0.39, 0.29) is 12.6 Å². The summed E-state index contributed by atoms with van der Waals surface area (Å²) in [4.78, 5) is 17.4. The SMILES string of the molecule is Cc1ccc([C@@](C)(O)CNC(=O)NCCc2sc(C)nc2C)o1. The highest BCUT2D eigenvalue weighted by Gasteiger charge is 2.27. The fourth-order valence-corrected chi connectivity index (χ4v) is 3.16. The van der Waals surface area contributed by atoms with Crippen LogP contribution in [0.3, 0.4) is 0 Å². The van der Waals surface area contributed by atoms with Gasteiger partial charge in [-0.25, -0.2) is 9.78 Å². The monoisotopic (exact) mass is 337 g/mol. The Hall–Kier alpha value is -1.86. The summed E-state index contributed by atoms with van der Waals surface area (Å²) in [6.07, 6.45) is 0.749. The van der Waals surface area contributed by atoms with Gasteiger partial charge in [0.25, 0.3) is 0 Å². The first-order valence-corrected chi connectivity index (χ1v) is 8.33. The Morgan fingerprint density at radius 3 is 2.65 bits per heavy atom. The molecule has 1 atom stereocenters. The number of hydrogen-bond donors (Lipinski definition) is 3. The zero-order chi connectivity index (χ0) is 17.0. The molecule has 0 fully saturated rings. The lowest BCUT2D eigenvalue weighted by atomic mass is 10.0. The first-order valence-electron chi connectivity index (χ1n) is 7.52. The quantitative estimate of drug-likeness (QED) is 0.755. The summed E-state index contributed by atoms with van der Waals surface area (Å²) in [5.41, 5.74) is -0.220. The molecule has 2 aromatic rings. The average molecular weight is 337 g/mol. The molecule has 0 saturated heterocycles. The van der Waals surface area contributed by atoms with Crippen LogP contribution in [-0.2, 0) is 12.0 Å². The third-order valence-electron chi connectivity index (χ3n) is 3.50. The lowest BCUT2D eigenvalue weighted by Gasteiger charge is -2.21. The van der Waals surface area contributed by atoms with E-state index in [4.69, 9.17) is 4.42 Å². The van der Waals surface area contributed by atoms with Crippen molar-refractivity contribution in [2.45, 2.75) is 39.7 Å². The number of urea groups is 1. The Morgan fingerprint density at radius 1 is 1.35 bits per heavy atom. The fourth-order valence-electron chi connectivity index (χ4n) is 2.22. The van der Waals surface area contributed by atoms with Crippen LogP contribution in [0.1, 0.15) is 34.0 Å². The first-order chi connectivity index (χ1) is 10.8. The standard InChI is InChI=1S/C16H23N3O3S/c1-10-5-6-14(22-10)16(4,21)9-18-15(20)17-8-7-13-11(2)19-12(3)23-13/h5-6,21H,7-9H2,1-4H3,(H2,17,18,20)/t16-/m0/s1. The van der Waals surface area contributed by atoms with Gasteiger partial charge in [0, 0.05) is 17.8 Å². The second-order valence-electron chi connectivity index (χ2n) is 5.79. The summed E-state index contributed by atoms with van der Waals surface area (Å²) < 4.78 is 5.41. The molecule has 126 valence electrons. The number of aromatic nitrogens is 1. The van der Waals surface area contributed by atoms with Gasteiger partial charge in [0.1, 0.15) is 17.1 Å². The van der Waals surface area contributed by atoms with E-state index in [1.807, 2.05) is 20.8 Å². The molecule has 0 saturated carbocycles. The van der Waals surface area contributed by atoms with Crippen LogP contribution in [0.15, 0.2) is 16.5 Å². The minimum Gasteiger partial charge on any atom is -0.463 e. The number of carbonyl (C=O) groups excluding carboxylic acids is 1. The van der Waals surface area contributed by atoms with Crippen LogP contribution >= 0.6 is 11.3 Å². The lowest BCUT2D eigenvalue weighted by molar-refractivity contribution is 0.0360. The van der Waals surface area contributed by atoms with E-state index in [1.165, 1.54) is 4.88 Å². The summed E-state index contributed by atoms with van der Waals surface area (Å²) in [7, 11) is 0. The number of thiazole rings is 1. The molecular formula is C16H23N3O3S. The van der Waals surface area contributed by atoms with Crippen molar-refractivity contribution in [3.63, 3.8) is 0 Å². The smallest absolute Gasteiger partial charge is 0.314 e. The molecule has 2 aromatic heterocycles. The van der Waals surface area contributed by atoms with E-state index in [1.54, 1.807) is 30.4 Å². The van der Waals surface area contributed by atoms with E-state index in [9.17, 15) is 9.90 Å². The molecule has 2 rings (SSSR count). The Balaban J connectivity index is 1.75. The number of nitrogens with zero attached hydrogens (tertiary/aromatic N) is 1. The average Bonchev–Trinajstić information content (AvgIpc) is 3.03. The van der Waals surface area contributed by atoms with Gasteiger partial charge in [-0.3, -0.25) is 0 Å². The van der Waals surface area contributed by atoms with Crippen molar-refractivity contribution in [1.82, 2.24) is 15.6 Å². The van der Waals surface area contributed by atoms with Crippen molar-refractivity contribution >= 4 is 17.4 Å². The van der Waals surface area contributed by atoms with Crippen LogP contribution in [0.4, 0.5) is 4.79 Å². The molecule has 0 aromatic carbocycles. The summed E-state index contributed by atoms with van der Waals surface area (Å²) in [6.45, 7) is 7.96. The largest absolute Gasteiger partial charge is 0.463 e. The molecule has 23 heavy (non-hydrogen) atoms. The van der Waals surface area contributed by atoms with Crippen molar-refractivity contribution in [2.24, 2.45) is 0 Å². The van der Waals surface area contributed by atoms with Crippen molar-refractivity contribution in [2.75, 3.05) is 13.1 Å². The lowest BCUT2D eigenvalue weighted by Crippen LogP contribution is -2.43. The number of hydrogen-bond acceptors (Lipinski definition) is 5. The van der Waals surface area contributed by atoms with E-state index in [0.29, 0.717) is 12.3 Å². The second-order valence-corrected chi connectivity index (χ2v) is 7.07. The molecule has 0 spiro atoms. The molecule has 2 heterocycles. The minimum absolute atomic E-state index is 0.0739. The number of aryl methyl sites for hydroxylation is 3. The Bertz CT molecular complexity index is 676. The highest BCUT2D eigenvalue weighted by atomic mass is 32.1. The molecule has 3 N–H and O–H groups in total. The molecular weight excluding hydrogens is 314 g/mol. The van der Waals surface area contributed by atoms with Gasteiger partial charge >= 0.3 is 6.03 Å². The van der Waals surface area contributed by atoms with Crippen molar-refractivity contribution < 1.29 is 14.3 Å². The highest BCUT2D eigenvalue weighted by Crippen LogP contribution is 2.21. The molecule has 0 unspecified atom stereocenters. The zero-order valence-electron chi connectivity index (χ0n) is 13.9. The van der Waals surface area contributed by atoms with E-state index < -0.39 is 5.60 Å². The third kappa shape index (κ3) is 4.80. The predicted molar refractivity (Wildman–Crippen MR) is 89.7 cm³/mol. The van der Waals surface area contributed by atoms with Gasteiger partial charge in [-0.15, -0.1) is 11.3 Å². The van der Waals surface area contributed by atoms with Gasteiger partial charge < -0.3 is 20.2 Å². The Labute approximate surface area is 139 Å². The van der Waals surface area contributed by atoms with Crippen LogP contribution in [0.2, 0.25) is 0 Å². The van der Waals surface area contributed by atoms with Crippen LogP contribution in [-0.4, -0.2) is 29.2 Å². The molecule has 0 aliphatic rings. The fraction of sp³-hybridized carbons (Fsp3) is 0.500.